The highest BCUT2D eigenvalue weighted by atomic mass is 32.2. The molecule has 4 aliphatic carbocycles. The molecule has 8 heteroatoms. The number of benzene rings is 1. The molecule has 6 nitrogen and oxygen atoms in total. The molecule has 29 heavy (non-hydrogen) atoms. The number of carbonyl (C=O) groups is 1. The van der Waals surface area contributed by atoms with Crippen LogP contribution in [0.2, 0.25) is 0 Å². The van der Waals surface area contributed by atoms with E-state index in [1.807, 2.05) is 0 Å². The molecule has 158 valence electrons. The molecule has 4 aliphatic rings. The third kappa shape index (κ3) is 3.80. The lowest BCUT2D eigenvalue weighted by Gasteiger charge is -2.69. The number of hydrogen-bond donors (Lipinski definition) is 2. The van der Waals surface area contributed by atoms with E-state index < -0.39 is 9.84 Å². The van der Waals surface area contributed by atoms with Crippen molar-refractivity contribution in [3.63, 3.8) is 0 Å². The normalized spacial score (nSPS) is 28.7. The minimum atomic E-state index is -3.45. The fourth-order valence-corrected chi connectivity index (χ4v) is 6.65. The molecule has 0 aromatic heterocycles. The van der Waals surface area contributed by atoms with Crippen LogP contribution in [0.1, 0.15) is 38.5 Å². The molecule has 0 aliphatic heterocycles. The van der Waals surface area contributed by atoms with Crippen molar-refractivity contribution < 1.29 is 22.3 Å². The molecule has 3 N–H and O–H groups in total. The third-order valence-corrected chi connectivity index (χ3v) is 8.56. The van der Waals surface area contributed by atoms with Gasteiger partial charge in [0.05, 0.1) is 22.4 Å². The van der Waals surface area contributed by atoms with E-state index in [2.05, 4.69) is 5.32 Å². The van der Waals surface area contributed by atoms with Crippen molar-refractivity contribution in [3.8, 4) is 5.75 Å². The van der Waals surface area contributed by atoms with Crippen molar-refractivity contribution in [2.75, 3.05) is 18.9 Å². The summed E-state index contributed by atoms with van der Waals surface area (Å²) in [7, 11) is -3.45. The smallest absolute Gasteiger partial charge is 0.226 e. The average molecular weight is 423 g/mol. The zero-order valence-corrected chi connectivity index (χ0v) is 17.1. The SMILES string of the molecule is NC/C(=C\F)COc1ccc(S(=O)(=O)CC23CC(C(=O)NC4CCC4)(C2)C3)cc1. The summed E-state index contributed by atoms with van der Waals surface area (Å²) >= 11 is 0. The fourth-order valence-electron chi connectivity index (χ4n) is 4.82. The molecule has 2 bridgehead atoms. The predicted octanol–water partition coefficient (Wildman–Crippen LogP) is 2.49. The summed E-state index contributed by atoms with van der Waals surface area (Å²) < 4.78 is 43.6. The van der Waals surface area contributed by atoms with Crippen molar-refractivity contribution >= 4 is 15.7 Å². The molecule has 1 amide bonds. The number of amides is 1. The van der Waals surface area contributed by atoms with Crippen LogP contribution in [-0.2, 0) is 14.6 Å². The number of sulfone groups is 1. The summed E-state index contributed by atoms with van der Waals surface area (Å²) in [5.74, 6) is 0.636. The van der Waals surface area contributed by atoms with E-state index in [1.54, 1.807) is 12.1 Å². The van der Waals surface area contributed by atoms with Crippen LogP contribution in [0.5, 0.6) is 5.75 Å². The van der Waals surface area contributed by atoms with E-state index in [0.29, 0.717) is 43.0 Å². The number of ether oxygens (including phenoxy) is 1. The summed E-state index contributed by atoms with van der Waals surface area (Å²) in [6, 6.07) is 6.47. The van der Waals surface area contributed by atoms with Crippen LogP contribution in [0.25, 0.3) is 0 Å². The highest BCUT2D eigenvalue weighted by molar-refractivity contribution is 7.91. The second kappa shape index (κ2) is 7.40. The Kier molecular flexibility index (Phi) is 5.19. The number of halogens is 1. The standard InChI is InChI=1S/C21H27FN2O4S/c22-8-15(9-23)10-28-17-4-6-18(7-5-17)29(26,27)14-20-11-21(12-20,13-20)19(25)24-16-2-1-3-16/h4-8,16H,1-3,9-14,23H2,(H,24,25)/b15-8+. The minimum absolute atomic E-state index is 0.0210. The van der Waals surface area contributed by atoms with Crippen LogP contribution >= 0.6 is 0 Å². The Morgan fingerprint density at radius 2 is 1.90 bits per heavy atom. The molecule has 0 spiro atoms. The molecule has 5 rings (SSSR count). The van der Waals surface area contributed by atoms with Crippen LogP contribution in [0.3, 0.4) is 0 Å². The van der Waals surface area contributed by atoms with Crippen molar-refractivity contribution in [1.82, 2.24) is 5.32 Å². The topological polar surface area (TPSA) is 98.5 Å². The van der Waals surface area contributed by atoms with Crippen LogP contribution in [0.15, 0.2) is 41.1 Å². The number of nitrogens with two attached hydrogens (primary N) is 1. The van der Waals surface area contributed by atoms with Crippen LogP contribution < -0.4 is 15.8 Å². The van der Waals surface area contributed by atoms with Gasteiger partial charge < -0.3 is 15.8 Å². The lowest BCUT2D eigenvalue weighted by atomic mass is 9.35. The summed E-state index contributed by atoms with van der Waals surface area (Å²) in [4.78, 5) is 12.7. The Morgan fingerprint density at radius 3 is 2.41 bits per heavy atom. The second-order valence-corrected chi connectivity index (χ2v) is 10.9. The van der Waals surface area contributed by atoms with Gasteiger partial charge >= 0.3 is 0 Å². The van der Waals surface area contributed by atoms with Crippen molar-refractivity contribution in [1.29, 1.82) is 0 Å². The molecule has 0 radical (unpaired) electrons. The zero-order chi connectivity index (χ0) is 20.7. The van der Waals surface area contributed by atoms with E-state index in [1.165, 1.54) is 18.6 Å². The molecule has 4 saturated carbocycles. The Bertz CT molecular complexity index is 903. The maximum absolute atomic E-state index is 12.8. The summed E-state index contributed by atoms with van der Waals surface area (Å²) in [5.41, 5.74) is 5.12. The van der Waals surface area contributed by atoms with E-state index in [9.17, 15) is 17.6 Å². The molecule has 1 aromatic carbocycles. The molecular weight excluding hydrogens is 395 g/mol. The molecule has 0 saturated heterocycles. The highest BCUT2D eigenvalue weighted by Gasteiger charge is 2.72. The highest BCUT2D eigenvalue weighted by Crippen LogP contribution is 2.74. The number of rotatable bonds is 9. The first kappa shape index (κ1) is 20.3. The zero-order valence-electron chi connectivity index (χ0n) is 16.3. The molecule has 4 fully saturated rings. The number of carbonyl (C=O) groups excluding carboxylic acids is 1. The second-order valence-electron chi connectivity index (χ2n) is 8.90. The first-order valence-electron chi connectivity index (χ1n) is 10.0. The van der Waals surface area contributed by atoms with Crippen LogP contribution in [0, 0.1) is 10.8 Å². The number of hydrogen-bond acceptors (Lipinski definition) is 5. The van der Waals surface area contributed by atoms with Gasteiger partial charge in [-0.2, -0.15) is 0 Å². The van der Waals surface area contributed by atoms with Gasteiger partial charge in [0.1, 0.15) is 12.4 Å². The summed E-state index contributed by atoms with van der Waals surface area (Å²) in [5, 5.41) is 3.11. The van der Waals surface area contributed by atoms with E-state index >= 15 is 0 Å². The predicted molar refractivity (Wildman–Crippen MR) is 107 cm³/mol. The van der Waals surface area contributed by atoms with Gasteiger partial charge in [-0.15, -0.1) is 0 Å². The lowest BCUT2D eigenvalue weighted by molar-refractivity contribution is -0.199. The van der Waals surface area contributed by atoms with E-state index in [4.69, 9.17) is 10.5 Å². The average Bonchev–Trinajstić information content (AvgIpc) is 2.61. The Labute approximate surface area is 170 Å². The molecule has 1 aromatic rings. The van der Waals surface area contributed by atoms with E-state index in [0.717, 1.165) is 12.8 Å². The van der Waals surface area contributed by atoms with Gasteiger partial charge in [0.25, 0.3) is 0 Å². The van der Waals surface area contributed by atoms with Crippen LogP contribution in [-0.4, -0.2) is 39.3 Å². The Hall–Kier alpha value is -1.93. The largest absolute Gasteiger partial charge is 0.489 e. The molecular formula is C21H27FN2O4S. The molecule has 0 unspecified atom stereocenters. The summed E-state index contributed by atoms with van der Waals surface area (Å²) in [6.07, 6.45) is 5.69. The first-order chi connectivity index (χ1) is 13.8. The fraction of sp³-hybridized carbons (Fsp3) is 0.571. The molecule has 0 heterocycles. The van der Waals surface area contributed by atoms with Gasteiger partial charge in [-0.25, -0.2) is 12.8 Å². The van der Waals surface area contributed by atoms with Gasteiger partial charge in [0.2, 0.25) is 5.91 Å². The van der Waals surface area contributed by atoms with Gasteiger partial charge in [-0.3, -0.25) is 4.79 Å². The van der Waals surface area contributed by atoms with E-state index in [-0.39, 0.29) is 40.5 Å². The Morgan fingerprint density at radius 1 is 1.24 bits per heavy atom. The maximum Gasteiger partial charge on any atom is 0.226 e. The monoisotopic (exact) mass is 422 g/mol. The Balaban J connectivity index is 1.31. The van der Waals surface area contributed by atoms with Crippen LogP contribution in [0.4, 0.5) is 4.39 Å². The summed E-state index contributed by atoms with van der Waals surface area (Å²) in [6.45, 7) is 0.0818. The first-order valence-corrected chi connectivity index (χ1v) is 11.7. The lowest BCUT2D eigenvalue weighted by Crippen LogP contribution is -2.70. The van der Waals surface area contributed by atoms with Gasteiger partial charge in [-0.05, 0) is 68.2 Å². The van der Waals surface area contributed by atoms with Gasteiger partial charge in [0, 0.05) is 18.2 Å². The third-order valence-electron chi connectivity index (χ3n) is 6.58. The van der Waals surface area contributed by atoms with Crippen molar-refractivity contribution in [2.45, 2.75) is 49.5 Å². The number of nitrogens with one attached hydrogen (secondary N) is 1. The van der Waals surface area contributed by atoms with Gasteiger partial charge in [0.15, 0.2) is 9.84 Å². The minimum Gasteiger partial charge on any atom is -0.489 e. The molecule has 0 atom stereocenters. The van der Waals surface area contributed by atoms with Crippen molar-refractivity contribution in [2.24, 2.45) is 16.6 Å². The maximum atomic E-state index is 12.8. The quantitative estimate of drug-likeness (QED) is 0.637. The van der Waals surface area contributed by atoms with Gasteiger partial charge in [-0.1, -0.05) is 0 Å². The van der Waals surface area contributed by atoms with Crippen molar-refractivity contribution in [3.05, 3.63) is 36.2 Å².